The van der Waals surface area contributed by atoms with Gasteiger partial charge in [-0.3, -0.25) is 4.98 Å². The molecule has 90 valence electrons. The maximum absolute atomic E-state index is 4.26. The molecule has 0 spiro atoms. The third-order valence-corrected chi connectivity index (χ3v) is 3.62. The van der Waals surface area contributed by atoms with Crippen LogP contribution in [-0.2, 0) is 0 Å². The number of rotatable bonds is 5. The average Bonchev–Trinajstić information content (AvgIpc) is 2.83. The third kappa shape index (κ3) is 3.14. The standard InChI is InChI=1S/C14H18N2S/c1-3-7-16-14(13-5-4-9-17-13)12-6-8-15-11(2)10-12/h4-6,8-10,14,16H,3,7H2,1-2H3. The number of nitrogens with one attached hydrogen (secondary N) is 1. The van der Waals surface area contributed by atoms with E-state index in [4.69, 9.17) is 0 Å². The summed E-state index contributed by atoms with van der Waals surface area (Å²) >= 11 is 1.80. The van der Waals surface area contributed by atoms with Crippen LogP contribution < -0.4 is 5.32 Å². The first-order chi connectivity index (χ1) is 8.31. The molecule has 0 amide bonds. The van der Waals surface area contributed by atoms with Crippen LogP contribution in [0.4, 0.5) is 0 Å². The lowest BCUT2D eigenvalue weighted by Crippen LogP contribution is -2.22. The zero-order valence-electron chi connectivity index (χ0n) is 10.3. The summed E-state index contributed by atoms with van der Waals surface area (Å²) in [7, 11) is 0. The number of pyridine rings is 1. The van der Waals surface area contributed by atoms with Gasteiger partial charge in [0, 0.05) is 16.8 Å². The normalized spacial score (nSPS) is 12.6. The zero-order chi connectivity index (χ0) is 12.1. The first-order valence-electron chi connectivity index (χ1n) is 6.00. The molecular weight excluding hydrogens is 228 g/mol. The molecule has 0 saturated carbocycles. The van der Waals surface area contributed by atoms with E-state index in [1.807, 2.05) is 13.1 Å². The van der Waals surface area contributed by atoms with Gasteiger partial charge in [-0.2, -0.15) is 0 Å². The van der Waals surface area contributed by atoms with Crippen LogP contribution in [0.1, 0.15) is 35.5 Å². The predicted molar refractivity (Wildman–Crippen MR) is 73.4 cm³/mol. The number of aromatic nitrogens is 1. The first kappa shape index (κ1) is 12.3. The third-order valence-electron chi connectivity index (χ3n) is 2.68. The van der Waals surface area contributed by atoms with Crippen molar-refractivity contribution in [2.45, 2.75) is 26.3 Å². The lowest BCUT2D eigenvalue weighted by molar-refractivity contribution is 0.605. The van der Waals surface area contributed by atoms with Crippen molar-refractivity contribution >= 4 is 11.3 Å². The summed E-state index contributed by atoms with van der Waals surface area (Å²) in [4.78, 5) is 5.62. The lowest BCUT2D eigenvalue weighted by atomic mass is 10.1. The van der Waals surface area contributed by atoms with Crippen molar-refractivity contribution in [2.24, 2.45) is 0 Å². The Morgan fingerprint density at radius 3 is 2.94 bits per heavy atom. The van der Waals surface area contributed by atoms with Crippen LogP contribution in [0.5, 0.6) is 0 Å². The molecule has 0 aromatic carbocycles. The van der Waals surface area contributed by atoms with E-state index >= 15 is 0 Å². The molecule has 1 N–H and O–H groups in total. The van der Waals surface area contributed by atoms with Crippen molar-refractivity contribution in [1.29, 1.82) is 0 Å². The van der Waals surface area contributed by atoms with E-state index in [0.717, 1.165) is 18.7 Å². The van der Waals surface area contributed by atoms with Gasteiger partial charge in [0.2, 0.25) is 0 Å². The highest BCUT2D eigenvalue weighted by molar-refractivity contribution is 7.10. The monoisotopic (exact) mass is 246 g/mol. The van der Waals surface area contributed by atoms with Gasteiger partial charge in [0.1, 0.15) is 0 Å². The number of nitrogens with zero attached hydrogens (tertiary/aromatic N) is 1. The molecular formula is C14H18N2S. The van der Waals surface area contributed by atoms with Crippen LogP contribution in [0.3, 0.4) is 0 Å². The van der Waals surface area contributed by atoms with Gasteiger partial charge in [-0.1, -0.05) is 13.0 Å². The van der Waals surface area contributed by atoms with E-state index in [9.17, 15) is 0 Å². The van der Waals surface area contributed by atoms with Crippen molar-refractivity contribution in [1.82, 2.24) is 10.3 Å². The summed E-state index contributed by atoms with van der Waals surface area (Å²) < 4.78 is 0. The first-order valence-corrected chi connectivity index (χ1v) is 6.88. The fraction of sp³-hybridized carbons (Fsp3) is 0.357. The number of aryl methyl sites for hydroxylation is 1. The second kappa shape index (κ2) is 5.94. The molecule has 1 atom stereocenters. The molecule has 2 aromatic rings. The van der Waals surface area contributed by atoms with E-state index in [1.165, 1.54) is 10.4 Å². The molecule has 2 aromatic heterocycles. The molecule has 0 aliphatic heterocycles. The Morgan fingerprint density at radius 2 is 2.29 bits per heavy atom. The van der Waals surface area contributed by atoms with Crippen molar-refractivity contribution in [3.05, 3.63) is 52.0 Å². The summed E-state index contributed by atoms with van der Waals surface area (Å²) in [5.74, 6) is 0. The molecule has 0 saturated heterocycles. The Hall–Kier alpha value is -1.19. The Balaban J connectivity index is 2.27. The van der Waals surface area contributed by atoms with Gasteiger partial charge in [-0.15, -0.1) is 11.3 Å². The maximum atomic E-state index is 4.26. The van der Waals surface area contributed by atoms with Gasteiger partial charge < -0.3 is 5.32 Å². The minimum Gasteiger partial charge on any atom is -0.306 e. The minimum atomic E-state index is 0.302. The van der Waals surface area contributed by atoms with Crippen LogP contribution in [0.25, 0.3) is 0 Å². The van der Waals surface area contributed by atoms with Crippen molar-refractivity contribution in [3.63, 3.8) is 0 Å². The molecule has 0 aliphatic rings. The van der Waals surface area contributed by atoms with Gasteiger partial charge in [0.25, 0.3) is 0 Å². The summed E-state index contributed by atoms with van der Waals surface area (Å²) in [5, 5.41) is 5.73. The molecule has 2 rings (SSSR count). The summed E-state index contributed by atoms with van der Waals surface area (Å²) in [6.07, 6.45) is 3.03. The SMILES string of the molecule is CCCNC(c1ccnc(C)c1)c1cccs1. The molecule has 2 nitrogen and oxygen atoms in total. The quantitative estimate of drug-likeness (QED) is 0.873. The van der Waals surface area contributed by atoms with E-state index in [2.05, 4.69) is 46.9 Å². The second-order valence-electron chi connectivity index (χ2n) is 4.13. The van der Waals surface area contributed by atoms with Crippen molar-refractivity contribution in [2.75, 3.05) is 6.54 Å². The summed E-state index contributed by atoms with van der Waals surface area (Å²) in [5.41, 5.74) is 2.37. The molecule has 0 aliphatic carbocycles. The van der Waals surface area contributed by atoms with Crippen LogP contribution in [0.2, 0.25) is 0 Å². The molecule has 0 fully saturated rings. The van der Waals surface area contributed by atoms with Crippen LogP contribution >= 0.6 is 11.3 Å². The van der Waals surface area contributed by atoms with Crippen LogP contribution in [-0.4, -0.2) is 11.5 Å². The largest absolute Gasteiger partial charge is 0.306 e. The predicted octanol–water partition coefficient (Wildman–Crippen LogP) is 3.54. The highest BCUT2D eigenvalue weighted by atomic mass is 32.1. The van der Waals surface area contributed by atoms with Crippen molar-refractivity contribution in [3.8, 4) is 0 Å². The van der Waals surface area contributed by atoms with Gasteiger partial charge >= 0.3 is 0 Å². The van der Waals surface area contributed by atoms with Gasteiger partial charge in [-0.25, -0.2) is 0 Å². The Kier molecular flexibility index (Phi) is 4.29. The number of hydrogen-bond acceptors (Lipinski definition) is 3. The fourth-order valence-corrected chi connectivity index (χ4v) is 2.70. The zero-order valence-corrected chi connectivity index (χ0v) is 11.1. The molecule has 17 heavy (non-hydrogen) atoms. The van der Waals surface area contributed by atoms with E-state index in [-0.39, 0.29) is 0 Å². The smallest absolute Gasteiger partial charge is 0.0672 e. The molecule has 3 heteroatoms. The van der Waals surface area contributed by atoms with Crippen LogP contribution in [0, 0.1) is 6.92 Å². The topological polar surface area (TPSA) is 24.9 Å². The summed E-state index contributed by atoms with van der Waals surface area (Å²) in [6, 6.07) is 8.85. The maximum Gasteiger partial charge on any atom is 0.0672 e. The number of thiophene rings is 1. The molecule has 1 unspecified atom stereocenters. The van der Waals surface area contributed by atoms with Crippen molar-refractivity contribution < 1.29 is 0 Å². The van der Waals surface area contributed by atoms with Crippen LogP contribution in [0.15, 0.2) is 35.8 Å². The number of hydrogen-bond donors (Lipinski definition) is 1. The van der Waals surface area contributed by atoms with Gasteiger partial charge in [0.15, 0.2) is 0 Å². The second-order valence-corrected chi connectivity index (χ2v) is 5.11. The summed E-state index contributed by atoms with van der Waals surface area (Å²) in [6.45, 7) is 5.26. The fourth-order valence-electron chi connectivity index (χ4n) is 1.87. The van der Waals surface area contributed by atoms with E-state index in [1.54, 1.807) is 11.3 Å². The molecule has 0 bridgehead atoms. The van der Waals surface area contributed by atoms with E-state index < -0.39 is 0 Å². The molecule has 0 radical (unpaired) electrons. The highest BCUT2D eigenvalue weighted by Gasteiger charge is 2.14. The Morgan fingerprint density at radius 1 is 1.41 bits per heavy atom. The Bertz CT molecular complexity index is 451. The Labute approximate surface area is 107 Å². The van der Waals surface area contributed by atoms with E-state index in [0.29, 0.717) is 6.04 Å². The highest BCUT2D eigenvalue weighted by Crippen LogP contribution is 2.26. The average molecular weight is 246 g/mol. The molecule has 2 heterocycles. The van der Waals surface area contributed by atoms with Gasteiger partial charge in [-0.05, 0) is 49.0 Å². The van der Waals surface area contributed by atoms with Gasteiger partial charge in [0.05, 0.1) is 6.04 Å². The lowest BCUT2D eigenvalue weighted by Gasteiger charge is -2.17. The minimum absolute atomic E-state index is 0.302.